The van der Waals surface area contributed by atoms with Gasteiger partial charge in [-0.1, -0.05) is 15.9 Å². The lowest BCUT2D eigenvalue weighted by molar-refractivity contribution is 0.0589. The van der Waals surface area contributed by atoms with Crippen molar-refractivity contribution < 1.29 is 23.4 Å². The average molecular weight is 296 g/mol. The monoisotopic (exact) mass is 295 g/mol. The Hall–Kier alpha value is -1.24. The van der Waals surface area contributed by atoms with E-state index in [1.165, 1.54) is 0 Å². The Balaban J connectivity index is 3.34. The van der Waals surface area contributed by atoms with E-state index in [1.807, 2.05) is 0 Å². The molecule has 1 aromatic rings. The van der Waals surface area contributed by atoms with Crippen LogP contribution >= 0.6 is 15.9 Å². The van der Waals surface area contributed by atoms with E-state index in [0.29, 0.717) is 0 Å². The van der Waals surface area contributed by atoms with Gasteiger partial charge in [0.2, 0.25) is 0 Å². The molecule has 1 heterocycles. The summed E-state index contributed by atoms with van der Waals surface area (Å²) in [4.78, 5) is 14.6. The molecule has 88 valence electrons. The largest absolute Gasteiger partial charge is 0.505 e. The van der Waals surface area contributed by atoms with Crippen molar-refractivity contribution in [1.29, 1.82) is 0 Å². The van der Waals surface area contributed by atoms with Crippen molar-refractivity contribution in [2.24, 2.45) is 0 Å². The normalized spacial score (nSPS) is 10.6. The SMILES string of the molecule is COC(=O)c1ncc(C(F)F)c(CBr)c1O. The van der Waals surface area contributed by atoms with E-state index in [4.69, 9.17) is 0 Å². The Bertz CT molecular complexity index is 412. The molecule has 0 radical (unpaired) electrons. The van der Waals surface area contributed by atoms with E-state index >= 15 is 0 Å². The number of aromatic hydroxyl groups is 1. The van der Waals surface area contributed by atoms with Gasteiger partial charge in [-0.05, 0) is 0 Å². The maximum Gasteiger partial charge on any atom is 0.360 e. The Morgan fingerprint density at radius 3 is 2.75 bits per heavy atom. The van der Waals surface area contributed by atoms with Crippen LogP contribution in [0, 0.1) is 0 Å². The Morgan fingerprint density at radius 1 is 1.69 bits per heavy atom. The number of methoxy groups -OCH3 is 1. The maximum absolute atomic E-state index is 12.5. The third-order valence-electron chi connectivity index (χ3n) is 1.94. The molecular formula is C9H8BrF2NO3. The highest BCUT2D eigenvalue weighted by molar-refractivity contribution is 9.08. The lowest BCUT2D eigenvalue weighted by Gasteiger charge is -2.10. The molecule has 0 aliphatic rings. The van der Waals surface area contributed by atoms with Gasteiger partial charge in [-0.3, -0.25) is 0 Å². The standard InChI is InChI=1S/C9H8BrF2NO3/c1-16-9(15)6-7(14)4(2-10)5(3-13-6)8(11)12/h3,8,14H,2H2,1H3. The van der Waals surface area contributed by atoms with E-state index in [1.54, 1.807) is 0 Å². The third kappa shape index (κ3) is 2.29. The highest BCUT2D eigenvalue weighted by atomic mass is 79.9. The van der Waals surface area contributed by atoms with Gasteiger partial charge in [0.05, 0.1) is 7.11 Å². The molecule has 0 spiro atoms. The molecule has 0 aliphatic carbocycles. The number of hydrogen-bond acceptors (Lipinski definition) is 4. The molecule has 0 aliphatic heterocycles. The van der Waals surface area contributed by atoms with Crippen LogP contribution < -0.4 is 0 Å². The number of rotatable bonds is 3. The zero-order chi connectivity index (χ0) is 12.3. The summed E-state index contributed by atoms with van der Waals surface area (Å²) in [6.45, 7) is 0. The molecule has 1 rings (SSSR count). The van der Waals surface area contributed by atoms with Gasteiger partial charge in [-0.25, -0.2) is 18.6 Å². The van der Waals surface area contributed by atoms with E-state index in [9.17, 15) is 18.7 Å². The van der Waals surface area contributed by atoms with Crippen LogP contribution in [0.2, 0.25) is 0 Å². The van der Waals surface area contributed by atoms with E-state index in [-0.39, 0.29) is 16.6 Å². The third-order valence-corrected chi connectivity index (χ3v) is 2.50. The summed E-state index contributed by atoms with van der Waals surface area (Å²) >= 11 is 2.96. The summed E-state index contributed by atoms with van der Waals surface area (Å²) in [7, 11) is 1.11. The summed E-state index contributed by atoms with van der Waals surface area (Å²) in [6.07, 6.45) is -1.91. The van der Waals surface area contributed by atoms with Gasteiger partial charge >= 0.3 is 5.97 Å². The second kappa shape index (κ2) is 5.20. The first-order chi connectivity index (χ1) is 7.52. The molecule has 0 aromatic carbocycles. The van der Waals surface area contributed by atoms with E-state index in [0.717, 1.165) is 13.3 Å². The van der Waals surface area contributed by atoms with E-state index in [2.05, 4.69) is 25.7 Å². The number of carbonyl (C=O) groups is 1. The van der Waals surface area contributed by atoms with Gasteiger partial charge in [-0.2, -0.15) is 0 Å². The summed E-state index contributed by atoms with van der Waals surface area (Å²) in [5.74, 6) is -1.46. The average Bonchev–Trinajstić information content (AvgIpc) is 2.27. The molecule has 0 saturated carbocycles. The summed E-state index contributed by atoms with van der Waals surface area (Å²) in [5, 5.41) is 9.58. The van der Waals surface area contributed by atoms with Gasteiger partial charge < -0.3 is 9.84 Å². The Kier molecular flexibility index (Phi) is 4.17. The number of pyridine rings is 1. The number of ether oxygens (including phenoxy) is 1. The predicted octanol–water partition coefficient (Wildman–Crippen LogP) is 2.41. The fraction of sp³-hybridized carbons (Fsp3) is 0.333. The molecule has 1 aromatic heterocycles. The zero-order valence-corrected chi connectivity index (χ0v) is 9.79. The van der Waals surface area contributed by atoms with Crippen LogP contribution in [0.5, 0.6) is 5.75 Å². The fourth-order valence-electron chi connectivity index (χ4n) is 1.13. The number of halogens is 3. The minimum Gasteiger partial charge on any atom is -0.505 e. The van der Waals surface area contributed by atoms with Crippen molar-refractivity contribution in [2.75, 3.05) is 7.11 Å². The lowest BCUT2D eigenvalue weighted by atomic mass is 10.1. The summed E-state index contributed by atoms with van der Waals surface area (Å²) in [6, 6.07) is 0. The number of alkyl halides is 3. The molecule has 0 amide bonds. The van der Waals surface area contributed by atoms with Gasteiger partial charge in [-0.15, -0.1) is 0 Å². The van der Waals surface area contributed by atoms with Gasteiger partial charge in [0.1, 0.15) is 0 Å². The van der Waals surface area contributed by atoms with Crippen LogP contribution in [0.1, 0.15) is 28.0 Å². The summed E-state index contributed by atoms with van der Waals surface area (Å²) < 4.78 is 29.4. The quantitative estimate of drug-likeness (QED) is 0.687. The van der Waals surface area contributed by atoms with Crippen LogP contribution in [-0.4, -0.2) is 23.2 Å². The minimum absolute atomic E-state index is 0.00891. The van der Waals surface area contributed by atoms with Crippen molar-refractivity contribution in [3.05, 3.63) is 23.0 Å². The van der Waals surface area contributed by atoms with Crippen LogP contribution in [0.4, 0.5) is 8.78 Å². The Labute approximate surface area is 98.4 Å². The zero-order valence-electron chi connectivity index (χ0n) is 8.21. The molecule has 0 fully saturated rings. The van der Waals surface area contributed by atoms with Crippen LogP contribution in [0.15, 0.2) is 6.20 Å². The first-order valence-corrected chi connectivity index (χ1v) is 5.28. The first-order valence-electron chi connectivity index (χ1n) is 4.16. The molecular weight excluding hydrogens is 288 g/mol. The van der Waals surface area contributed by atoms with Crippen molar-refractivity contribution in [2.45, 2.75) is 11.8 Å². The molecule has 16 heavy (non-hydrogen) atoms. The number of nitrogens with zero attached hydrogens (tertiary/aromatic N) is 1. The molecule has 0 bridgehead atoms. The first kappa shape index (κ1) is 12.8. The van der Waals surface area contributed by atoms with Crippen molar-refractivity contribution in [3.8, 4) is 5.75 Å². The minimum atomic E-state index is -2.77. The summed E-state index contributed by atoms with van der Waals surface area (Å²) in [5.41, 5.74) is -0.853. The number of aromatic nitrogens is 1. The Morgan fingerprint density at radius 2 is 2.31 bits per heavy atom. The van der Waals surface area contributed by atoms with Gasteiger partial charge in [0.25, 0.3) is 6.43 Å². The van der Waals surface area contributed by atoms with Gasteiger partial charge in [0.15, 0.2) is 11.4 Å². The highest BCUT2D eigenvalue weighted by Crippen LogP contribution is 2.32. The highest BCUT2D eigenvalue weighted by Gasteiger charge is 2.22. The molecule has 0 unspecified atom stereocenters. The second-order valence-electron chi connectivity index (χ2n) is 2.82. The van der Waals surface area contributed by atoms with Crippen LogP contribution in [0.25, 0.3) is 0 Å². The van der Waals surface area contributed by atoms with Crippen LogP contribution in [-0.2, 0) is 10.1 Å². The molecule has 0 atom stereocenters. The number of carbonyl (C=O) groups excluding carboxylic acids is 1. The smallest absolute Gasteiger partial charge is 0.360 e. The van der Waals surface area contributed by atoms with Crippen molar-refractivity contribution in [3.63, 3.8) is 0 Å². The molecule has 4 nitrogen and oxygen atoms in total. The topological polar surface area (TPSA) is 59.4 Å². The van der Waals surface area contributed by atoms with Gasteiger partial charge in [0, 0.05) is 22.7 Å². The van der Waals surface area contributed by atoms with Crippen molar-refractivity contribution >= 4 is 21.9 Å². The van der Waals surface area contributed by atoms with Crippen molar-refractivity contribution in [1.82, 2.24) is 4.98 Å². The number of esters is 1. The second-order valence-corrected chi connectivity index (χ2v) is 3.38. The predicted molar refractivity (Wildman–Crippen MR) is 54.8 cm³/mol. The fourth-order valence-corrected chi connectivity index (χ4v) is 1.72. The molecule has 0 saturated heterocycles. The number of hydrogen-bond donors (Lipinski definition) is 1. The maximum atomic E-state index is 12.5. The molecule has 1 N–H and O–H groups in total. The lowest BCUT2D eigenvalue weighted by Crippen LogP contribution is -2.07. The molecule has 7 heteroatoms. The van der Waals surface area contributed by atoms with E-state index < -0.39 is 23.7 Å². The van der Waals surface area contributed by atoms with Crippen LogP contribution in [0.3, 0.4) is 0 Å².